The van der Waals surface area contributed by atoms with Gasteiger partial charge in [-0.25, -0.2) is 0 Å². The van der Waals surface area contributed by atoms with Gasteiger partial charge in [0.1, 0.15) is 0 Å². The molecular formula is C22H29F2NO4. The fraction of sp³-hybridized carbons (Fsp3) is 0.682. The monoisotopic (exact) mass is 409 g/mol. The Labute approximate surface area is 170 Å². The predicted molar refractivity (Wildman–Crippen MR) is 103 cm³/mol. The molecule has 5 nitrogen and oxygen atoms in total. The van der Waals surface area contributed by atoms with E-state index in [1.54, 1.807) is 19.1 Å². The van der Waals surface area contributed by atoms with Crippen LogP contribution in [0.15, 0.2) is 18.2 Å². The number of amides is 1. The Bertz CT molecular complexity index is 799. The normalized spacial score (nSPS) is 34.7. The number of benzene rings is 1. The van der Waals surface area contributed by atoms with Crippen LogP contribution in [0.1, 0.15) is 51.7 Å². The average Bonchev–Trinajstić information content (AvgIpc) is 3.13. The first kappa shape index (κ1) is 20.4. The highest BCUT2D eigenvalue weighted by Gasteiger charge is 2.68. The van der Waals surface area contributed by atoms with Gasteiger partial charge in [0.25, 0.3) is 0 Å². The molecule has 5 atom stereocenters. The molecule has 3 fully saturated rings. The van der Waals surface area contributed by atoms with Gasteiger partial charge in [-0.05, 0) is 59.6 Å². The Morgan fingerprint density at radius 3 is 2.72 bits per heavy atom. The van der Waals surface area contributed by atoms with Crippen LogP contribution in [0.3, 0.4) is 0 Å². The van der Waals surface area contributed by atoms with Gasteiger partial charge in [-0.3, -0.25) is 4.79 Å². The maximum absolute atomic E-state index is 12.9. The van der Waals surface area contributed by atoms with E-state index < -0.39 is 6.61 Å². The lowest BCUT2D eigenvalue weighted by molar-refractivity contribution is -0.136. The van der Waals surface area contributed by atoms with E-state index >= 15 is 0 Å². The first-order chi connectivity index (χ1) is 13.7. The zero-order valence-corrected chi connectivity index (χ0v) is 17.3. The molecule has 4 rings (SSSR count). The van der Waals surface area contributed by atoms with E-state index in [1.165, 1.54) is 7.11 Å². The number of ether oxygens (including phenoxy) is 3. The van der Waals surface area contributed by atoms with E-state index in [2.05, 4.69) is 23.9 Å². The van der Waals surface area contributed by atoms with Crippen LogP contribution in [0.4, 0.5) is 8.78 Å². The number of hydrogen-bond acceptors (Lipinski definition) is 4. The van der Waals surface area contributed by atoms with E-state index in [-0.39, 0.29) is 46.3 Å². The van der Waals surface area contributed by atoms with Gasteiger partial charge in [0, 0.05) is 19.6 Å². The predicted octanol–water partition coefficient (Wildman–Crippen LogP) is 4.32. The van der Waals surface area contributed by atoms with Gasteiger partial charge in [-0.15, -0.1) is 0 Å². The number of nitrogens with one attached hydrogen (secondary N) is 1. The molecule has 1 heterocycles. The number of carbonyl (C=O) groups is 1. The van der Waals surface area contributed by atoms with E-state index in [0.717, 1.165) is 24.8 Å². The zero-order chi connectivity index (χ0) is 21.0. The van der Waals surface area contributed by atoms with Crippen molar-refractivity contribution >= 4 is 5.91 Å². The minimum Gasteiger partial charge on any atom is -0.493 e. The Balaban J connectivity index is 1.69. The number of alkyl halides is 2. The zero-order valence-electron chi connectivity index (χ0n) is 17.3. The van der Waals surface area contributed by atoms with Crippen molar-refractivity contribution in [3.05, 3.63) is 23.8 Å². The fourth-order valence-electron chi connectivity index (χ4n) is 6.38. The Hall–Kier alpha value is -1.89. The molecule has 7 heteroatoms. The van der Waals surface area contributed by atoms with Crippen LogP contribution < -0.4 is 14.8 Å². The summed E-state index contributed by atoms with van der Waals surface area (Å²) in [4.78, 5) is 12.0. The molecule has 1 aromatic carbocycles. The second-order valence-electron chi connectivity index (χ2n) is 9.26. The Morgan fingerprint density at radius 1 is 1.31 bits per heavy atom. The molecule has 29 heavy (non-hydrogen) atoms. The molecule has 2 bridgehead atoms. The number of halogens is 2. The number of fused-ring (bicyclic) bond motifs is 1. The van der Waals surface area contributed by atoms with E-state index in [0.29, 0.717) is 12.5 Å². The third-order valence-electron chi connectivity index (χ3n) is 7.58. The summed E-state index contributed by atoms with van der Waals surface area (Å²) in [5.74, 6) is 0.987. The molecule has 160 valence electrons. The Kier molecular flexibility index (Phi) is 5.00. The largest absolute Gasteiger partial charge is 0.493 e. The van der Waals surface area contributed by atoms with E-state index in [4.69, 9.17) is 9.47 Å². The highest BCUT2D eigenvalue weighted by molar-refractivity contribution is 5.73. The van der Waals surface area contributed by atoms with E-state index in [1.807, 2.05) is 6.07 Å². The molecule has 1 saturated heterocycles. The van der Waals surface area contributed by atoms with Crippen molar-refractivity contribution in [2.45, 2.75) is 58.8 Å². The highest BCUT2D eigenvalue weighted by Crippen LogP contribution is 2.70. The van der Waals surface area contributed by atoms with Crippen molar-refractivity contribution in [1.29, 1.82) is 0 Å². The summed E-state index contributed by atoms with van der Waals surface area (Å²) in [6.45, 7) is 3.72. The third kappa shape index (κ3) is 3.18. The second kappa shape index (κ2) is 7.11. The van der Waals surface area contributed by atoms with Gasteiger partial charge < -0.3 is 19.5 Å². The standard InChI is InChI=1S/C22H29F2NO4/c1-12(26)25-19-21(2,3)14-10-15-18(28-8-7-22(15,19)11-14)13-5-6-16(27-4)17(9-13)29-20(23)24/h5-6,9,14-15,18-20H,7-8,10-11H2,1-4H3,(H,25,26)/t14-,15-,18-,19+,22?/m1/s1. The molecular weight excluding hydrogens is 380 g/mol. The number of rotatable bonds is 5. The van der Waals surface area contributed by atoms with Crippen LogP contribution in [0, 0.1) is 22.7 Å². The van der Waals surface area contributed by atoms with Gasteiger partial charge in [0.2, 0.25) is 5.91 Å². The van der Waals surface area contributed by atoms with Crippen molar-refractivity contribution in [3.63, 3.8) is 0 Å². The van der Waals surface area contributed by atoms with Crippen molar-refractivity contribution < 1.29 is 27.8 Å². The van der Waals surface area contributed by atoms with Crippen molar-refractivity contribution in [3.8, 4) is 11.5 Å². The topological polar surface area (TPSA) is 56.8 Å². The second-order valence-corrected chi connectivity index (χ2v) is 9.26. The maximum atomic E-state index is 12.9. The van der Waals surface area contributed by atoms with Gasteiger partial charge >= 0.3 is 6.61 Å². The Morgan fingerprint density at radius 2 is 2.07 bits per heavy atom. The SMILES string of the molecule is COc1ccc([C@H]2OCCC34C[C@@H](C[C@H]23)C(C)(C)[C@@H]4NC(C)=O)cc1OC(F)F. The number of methoxy groups -OCH3 is 1. The van der Waals surface area contributed by atoms with Crippen LogP contribution in [0.2, 0.25) is 0 Å². The number of hydrogen-bond donors (Lipinski definition) is 1. The van der Waals surface area contributed by atoms with Gasteiger partial charge in [0.15, 0.2) is 11.5 Å². The van der Waals surface area contributed by atoms with Gasteiger partial charge in [0.05, 0.1) is 13.2 Å². The quantitative estimate of drug-likeness (QED) is 0.787. The minimum atomic E-state index is -2.93. The van der Waals surface area contributed by atoms with E-state index in [9.17, 15) is 13.6 Å². The summed E-state index contributed by atoms with van der Waals surface area (Å²) >= 11 is 0. The molecule has 0 aromatic heterocycles. The molecule has 1 spiro atoms. The summed E-state index contributed by atoms with van der Waals surface area (Å²) in [6.07, 6.45) is 2.75. The summed E-state index contributed by atoms with van der Waals surface area (Å²) in [6, 6.07) is 5.21. The molecule has 1 aromatic rings. The average molecular weight is 409 g/mol. The summed E-state index contributed by atoms with van der Waals surface area (Å²) in [5, 5.41) is 3.24. The smallest absolute Gasteiger partial charge is 0.387 e. The third-order valence-corrected chi connectivity index (χ3v) is 7.58. The molecule has 2 saturated carbocycles. The lowest BCUT2D eigenvalue weighted by atomic mass is 9.59. The van der Waals surface area contributed by atoms with Crippen LogP contribution in [-0.4, -0.2) is 32.3 Å². The van der Waals surface area contributed by atoms with Crippen molar-refractivity contribution in [1.82, 2.24) is 5.32 Å². The van der Waals surface area contributed by atoms with Gasteiger partial charge in [-0.2, -0.15) is 8.78 Å². The molecule has 1 amide bonds. The van der Waals surface area contributed by atoms with Gasteiger partial charge in [-0.1, -0.05) is 19.9 Å². The lowest BCUT2D eigenvalue weighted by Crippen LogP contribution is -2.58. The first-order valence-corrected chi connectivity index (χ1v) is 10.2. The molecule has 3 aliphatic rings. The summed E-state index contributed by atoms with van der Waals surface area (Å²) in [5.41, 5.74) is 0.804. The molecule has 2 aliphatic carbocycles. The minimum absolute atomic E-state index is 0.0103. The lowest BCUT2D eigenvalue weighted by Gasteiger charge is -2.53. The van der Waals surface area contributed by atoms with Crippen LogP contribution in [-0.2, 0) is 9.53 Å². The van der Waals surface area contributed by atoms with Crippen LogP contribution >= 0.6 is 0 Å². The maximum Gasteiger partial charge on any atom is 0.387 e. The summed E-state index contributed by atoms with van der Waals surface area (Å²) < 4.78 is 41.7. The van der Waals surface area contributed by atoms with Crippen LogP contribution in [0.5, 0.6) is 11.5 Å². The molecule has 1 aliphatic heterocycles. The highest BCUT2D eigenvalue weighted by atomic mass is 19.3. The molecule has 1 N–H and O–H groups in total. The number of carbonyl (C=O) groups excluding carboxylic acids is 1. The van der Waals surface area contributed by atoms with Crippen LogP contribution in [0.25, 0.3) is 0 Å². The molecule has 0 radical (unpaired) electrons. The first-order valence-electron chi connectivity index (χ1n) is 10.2. The fourth-order valence-corrected chi connectivity index (χ4v) is 6.38. The van der Waals surface area contributed by atoms with Crippen molar-refractivity contribution in [2.75, 3.05) is 13.7 Å². The molecule has 1 unspecified atom stereocenters. The van der Waals surface area contributed by atoms with Crippen molar-refractivity contribution in [2.24, 2.45) is 22.7 Å². The summed E-state index contributed by atoms with van der Waals surface area (Å²) in [7, 11) is 1.43.